The first-order valence-electron chi connectivity index (χ1n) is 3.32. The Morgan fingerprint density at radius 3 is 2.79 bits per heavy atom. The van der Waals surface area contributed by atoms with Gasteiger partial charge in [0.2, 0.25) is 5.82 Å². The molecule has 14 heavy (non-hydrogen) atoms. The molecule has 2 rings (SSSR count). The van der Waals surface area contributed by atoms with Gasteiger partial charge in [-0.05, 0) is 15.0 Å². The molecule has 0 unspecified atom stereocenters. The van der Waals surface area contributed by atoms with E-state index in [1.807, 2.05) is 0 Å². The number of hydrogen-bond acceptors (Lipinski definition) is 8. The molecule has 0 saturated carbocycles. The van der Waals surface area contributed by atoms with Crippen molar-refractivity contribution in [2.45, 2.75) is 0 Å². The van der Waals surface area contributed by atoms with Crippen molar-refractivity contribution in [2.75, 3.05) is 5.73 Å². The molecule has 2 aliphatic rings. The molecule has 0 bridgehead atoms. The Kier molecular flexibility index (Phi) is 1.44. The lowest BCUT2D eigenvalue weighted by molar-refractivity contribution is -0.388. The van der Waals surface area contributed by atoms with E-state index in [1.165, 1.54) is 0 Å². The third-order valence-electron chi connectivity index (χ3n) is 1.50. The van der Waals surface area contributed by atoms with Crippen LogP contribution in [0.2, 0.25) is 0 Å². The Balaban J connectivity index is 2.76. The highest BCUT2D eigenvalue weighted by Gasteiger charge is 2.30. The summed E-state index contributed by atoms with van der Waals surface area (Å²) in [7, 11) is 0. The molecule has 0 amide bonds. The molecule has 0 aromatic rings. The van der Waals surface area contributed by atoms with Crippen molar-refractivity contribution < 1.29 is 10.1 Å². The van der Waals surface area contributed by atoms with Crippen molar-refractivity contribution in [2.24, 2.45) is 0 Å². The van der Waals surface area contributed by atoms with Gasteiger partial charge in [-0.15, -0.1) is 0 Å². The Morgan fingerprint density at radius 2 is 2.14 bits per heavy atom. The SMILES string of the molecule is Nc1nn(O)nc2nnc([N+](=O)[O-])c1-2. The summed E-state index contributed by atoms with van der Waals surface area (Å²) in [5.41, 5.74) is 5.24. The molecular weight excluding hydrogens is 194 g/mol. The summed E-state index contributed by atoms with van der Waals surface area (Å²) in [4.78, 5) is 9.86. The Morgan fingerprint density at radius 1 is 1.43 bits per heavy atom. The van der Waals surface area contributed by atoms with Crippen molar-refractivity contribution in [1.82, 2.24) is 25.4 Å². The first-order valence-corrected chi connectivity index (χ1v) is 3.32. The third-order valence-corrected chi connectivity index (χ3v) is 1.50. The molecule has 0 fully saturated rings. The van der Waals surface area contributed by atoms with E-state index in [9.17, 15) is 10.1 Å². The minimum absolute atomic E-state index is 0.0831. The maximum absolute atomic E-state index is 10.4. The van der Waals surface area contributed by atoms with Gasteiger partial charge >= 0.3 is 5.82 Å². The van der Waals surface area contributed by atoms with Crippen LogP contribution in [0.4, 0.5) is 11.6 Å². The Labute approximate surface area is 75.4 Å². The third kappa shape index (κ3) is 0.972. The van der Waals surface area contributed by atoms with E-state index < -0.39 is 10.7 Å². The summed E-state index contributed by atoms with van der Waals surface area (Å²) >= 11 is 0. The second-order valence-corrected chi connectivity index (χ2v) is 2.33. The van der Waals surface area contributed by atoms with Crippen LogP contribution in [0, 0.1) is 10.1 Å². The molecule has 0 aromatic heterocycles. The predicted molar refractivity (Wildman–Crippen MR) is 40.5 cm³/mol. The number of aromatic nitrogens is 5. The van der Waals surface area contributed by atoms with Crippen molar-refractivity contribution >= 4 is 11.6 Å². The highest BCUT2D eigenvalue weighted by atomic mass is 16.6. The van der Waals surface area contributed by atoms with Crippen LogP contribution in [0.5, 0.6) is 0 Å². The van der Waals surface area contributed by atoms with E-state index in [0.29, 0.717) is 0 Å². The van der Waals surface area contributed by atoms with Crippen LogP contribution in [0.1, 0.15) is 0 Å². The van der Waals surface area contributed by atoms with Gasteiger partial charge in [-0.25, -0.2) is 0 Å². The van der Waals surface area contributed by atoms with Gasteiger partial charge in [0.05, 0.1) is 5.10 Å². The van der Waals surface area contributed by atoms with E-state index in [4.69, 9.17) is 10.9 Å². The second-order valence-electron chi connectivity index (χ2n) is 2.33. The van der Waals surface area contributed by atoms with Crippen LogP contribution in [-0.2, 0) is 0 Å². The lowest BCUT2D eigenvalue weighted by atomic mass is 10.3. The Bertz CT molecular complexity index is 478. The smallest absolute Gasteiger partial charge is 0.396 e. The van der Waals surface area contributed by atoms with E-state index in [1.54, 1.807) is 0 Å². The molecule has 72 valence electrons. The molecular formula is C4H3N7O3. The average Bonchev–Trinajstić information content (AvgIpc) is 2.47. The topological polar surface area (TPSA) is 146 Å². The summed E-state index contributed by atoms with van der Waals surface area (Å²) < 4.78 is 0. The van der Waals surface area contributed by atoms with Crippen LogP contribution in [0.15, 0.2) is 0 Å². The van der Waals surface area contributed by atoms with Crippen LogP contribution in [-0.4, -0.2) is 35.5 Å². The maximum Gasteiger partial charge on any atom is 0.405 e. The summed E-state index contributed by atoms with van der Waals surface area (Å²) in [6.45, 7) is 0. The van der Waals surface area contributed by atoms with Gasteiger partial charge in [0.1, 0.15) is 0 Å². The van der Waals surface area contributed by atoms with Crippen molar-refractivity contribution in [1.29, 1.82) is 0 Å². The quantitative estimate of drug-likeness (QED) is 0.332. The van der Waals surface area contributed by atoms with Crippen LogP contribution in [0.3, 0.4) is 0 Å². The Hall–Kier alpha value is -2.52. The van der Waals surface area contributed by atoms with Gasteiger partial charge in [0.25, 0.3) is 0 Å². The average molecular weight is 197 g/mol. The van der Waals surface area contributed by atoms with Crippen molar-refractivity contribution in [3.05, 3.63) is 10.1 Å². The first-order chi connectivity index (χ1) is 6.59. The zero-order valence-corrected chi connectivity index (χ0v) is 6.52. The van der Waals surface area contributed by atoms with Gasteiger partial charge in [-0.3, -0.25) is 0 Å². The number of nitro groups is 1. The predicted octanol–water partition coefficient (Wildman–Crippen LogP) is -1.10. The van der Waals surface area contributed by atoms with E-state index in [0.717, 1.165) is 0 Å². The maximum atomic E-state index is 10.4. The lowest BCUT2D eigenvalue weighted by Crippen LogP contribution is -2.10. The fourth-order valence-corrected chi connectivity index (χ4v) is 0.975. The van der Waals surface area contributed by atoms with Crippen LogP contribution < -0.4 is 5.73 Å². The number of anilines is 1. The van der Waals surface area contributed by atoms with E-state index in [2.05, 4.69) is 20.4 Å². The van der Waals surface area contributed by atoms with Crippen LogP contribution >= 0.6 is 0 Å². The lowest BCUT2D eigenvalue weighted by Gasteiger charge is -1.99. The molecule has 10 heteroatoms. The van der Waals surface area contributed by atoms with Gasteiger partial charge in [-0.1, -0.05) is 10.2 Å². The molecule has 0 saturated heterocycles. The van der Waals surface area contributed by atoms with Crippen LogP contribution in [0.25, 0.3) is 11.4 Å². The van der Waals surface area contributed by atoms with Gasteiger partial charge in [0, 0.05) is 0 Å². The fourth-order valence-electron chi connectivity index (χ4n) is 0.975. The molecule has 0 radical (unpaired) electrons. The summed E-state index contributed by atoms with van der Waals surface area (Å²) in [6.07, 6.45) is 0. The normalized spacial score (nSPS) is 10.6. The molecule has 0 spiro atoms. The molecule has 2 heterocycles. The van der Waals surface area contributed by atoms with Crippen molar-refractivity contribution in [3.8, 4) is 11.4 Å². The van der Waals surface area contributed by atoms with E-state index in [-0.39, 0.29) is 22.2 Å². The minimum atomic E-state index is -0.753. The highest BCUT2D eigenvalue weighted by Crippen LogP contribution is 2.30. The second kappa shape index (κ2) is 2.48. The largest absolute Gasteiger partial charge is 0.405 e. The van der Waals surface area contributed by atoms with Crippen molar-refractivity contribution in [3.63, 3.8) is 0 Å². The molecule has 0 aliphatic carbocycles. The minimum Gasteiger partial charge on any atom is -0.396 e. The first kappa shape index (κ1) is 8.10. The summed E-state index contributed by atoms with van der Waals surface area (Å²) in [5.74, 6) is -0.918. The number of nitrogens with two attached hydrogens (primary N) is 1. The zero-order valence-electron chi connectivity index (χ0n) is 6.52. The summed E-state index contributed by atoms with van der Waals surface area (Å²) in [5, 5.41) is 32.5. The number of nitrogens with zero attached hydrogens (tertiary/aromatic N) is 6. The number of fused-ring (bicyclic) bond motifs is 1. The van der Waals surface area contributed by atoms with Gasteiger partial charge in [-0.2, -0.15) is 0 Å². The molecule has 0 aromatic carbocycles. The molecule has 2 aliphatic heterocycles. The summed E-state index contributed by atoms with van der Waals surface area (Å²) in [6, 6.07) is 0. The number of nitrogen functional groups attached to an aromatic ring is 1. The van der Waals surface area contributed by atoms with E-state index >= 15 is 0 Å². The monoisotopic (exact) mass is 197 g/mol. The molecule has 0 atom stereocenters. The standard InChI is InChI=1S/C4H3N7O3/c5-2-1-3(9-11(14)8-2)6-7-4(1)10(12)13/h14H,(H2,5,8). The highest BCUT2D eigenvalue weighted by molar-refractivity contribution is 5.76. The molecule has 3 N–H and O–H groups in total. The zero-order chi connectivity index (χ0) is 10.3. The fraction of sp³-hybridized carbons (Fsp3) is 0. The van der Waals surface area contributed by atoms with Gasteiger partial charge in [0.15, 0.2) is 11.4 Å². The molecule has 10 nitrogen and oxygen atoms in total. The van der Waals surface area contributed by atoms with Gasteiger partial charge < -0.3 is 21.1 Å². The number of rotatable bonds is 1. The number of hydrogen-bond donors (Lipinski definition) is 2.